The maximum Gasteiger partial charge on any atom is 0.279 e. The van der Waals surface area contributed by atoms with E-state index in [0.29, 0.717) is 0 Å². The fraction of sp³-hybridized carbons (Fsp3) is 1.00. The lowest BCUT2D eigenvalue weighted by Crippen LogP contribution is -2.48. The van der Waals surface area contributed by atoms with Crippen LogP contribution in [0.3, 0.4) is 0 Å². The van der Waals surface area contributed by atoms with Crippen molar-refractivity contribution in [1.29, 1.82) is 0 Å². The molecular weight excluding hydrogens is 228 g/mol. The number of ether oxygens (including phenoxy) is 1. The first kappa shape index (κ1) is 13.9. The standard InChI is InChI=1S/C10H22N2O3S/c1-8(2)12(4)16(13,14)11-9(3)10-6-5-7-15-10/h8-11H,5-7H2,1-4H3/t9-,10-/m0/s1. The van der Waals surface area contributed by atoms with Crippen LogP contribution in [-0.2, 0) is 14.9 Å². The molecule has 0 spiro atoms. The van der Waals surface area contributed by atoms with Crippen LogP contribution in [0.15, 0.2) is 0 Å². The Morgan fingerprint density at radius 3 is 2.44 bits per heavy atom. The normalized spacial score (nSPS) is 24.2. The molecule has 0 aromatic heterocycles. The van der Waals surface area contributed by atoms with Gasteiger partial charge in [-0.05, 0) is 33.6 Å². The largest absolute Gasteiger partial charge is 0.377 e. The Kier molecular flexibility index (Phi) is 4.73. The molecule has 1 saturated heterocycles. The van der Waals surface area contributed by atoms with E-state index in [0.717, 1.165) is 19.4 Å². The summed E-state index contributed by atoms with van der Waals surface area (Å²) in [5, 5.41) is 0. The molecule has 5 nitrogen and oxygen atoms in total. The number of nitrogens with zero attached hydrogens (tertiary/aromatic N) is 1. The highest BCUT2D eigenvalue weighted by atomic mass is 32.2. The van der Waals surface area contributed by atoms with Gasteiger partial charge in [-0.15, -0.1) is 0 Å². The molecule has 1 rings (SSSR count). The molecule has 1 aliphatic rings. The molecule has 6 heteroatoms. The first-order valence-corrected chi connectivity index (χ1v) is 7.15. The minimum absolute atomic E-state index is 0.00957. The molecule has 1 N–H and O–H groups in total. The van der Waals surface area contributed by atoms with Gasteiger partial charge in [0.15, 0.2) is 0 Å². The van der Waals surface area contributed by atoms with E-state index in [9.17, 15) is 8.42 Å². The van der Waals surface area contributed by atoms with Gasteiger partial charge in [0.25, 0.3) is 10.2 Å². The lowest BCUT2D eigenvalue weighted by molar-refractivity contribution is 0.0896. The molecule has 0 aromatic carbocycles. The maximum absolute atomic E-state index is 11.9. The van der Waals surface area contributed by atoms with Gasteiger partial charge in [-0.1, -0.05) is 0 Å². The number of rotatable bonds is 5. The second-order valence-electron chi connectivity index (χ2n) is 4.57. The van der Waals surface area contributed by atoms with Gasteiger partial charge in [0.1, 0.15) is 0 Å². The molecule has 0 aromatic rings. The van der Waals surface area contributed by atoms with Crippen molar-refractivity contribution in [2.24, 2.45) is 0 Å². The van der Waals surface area contributed by atoms with Crippen LogP contribution < -0.4 is 4.72 Å². The van der Waals surface area contributed by atoms with Gasteiger partial charge in [0.2, 0.25) is 0 Å². The molecule has 0 amide bonds. The zero-order valence-electron chi connectivity index (χ0n) is 10.4. The van der Waals surface area contributed by atoms with Crippen LogP contribution >= 0.6 is 0 Å². The van der Waals surface area contributed by atoms with Crippen LogP contribution in [0.5, 0.6) is 0 Å². The van der Waals surface area contributed by atoms with Crippen molar-refractivity contribution >= 4 is 10.2 Å². The summed E-state index contributed by atoms with van der Waals surface area (Å²) in [4.78, 5) is 0. The lowest BCUT2D eigenvalue weighted by Gasteiger charge is -2.26. The second-order valence-corrected chi connectivity index (χ2v) is 6.33. The predicted molar refractivity (Wildman–Crippen MR) is 63.4 cm³/mol. The van der Waals surface area contributed by atoms with E-state index in [1.165, 1.54) is 4.31 Å². The van der Waals surface area contributed by atoms with Crippen molar-refractivity contribution < 1.29 is 13.2 Å². The van der Waals surface area contributed by atoms with Crippen molar-refractivity contribution in [2.75, 3.05) is 13.7 Å². The Morgan fingerprint density at radius 2 is 2.00 bits per heavy atom. The number of hydrogen-bond acceptors (Lipinski definition) is 3. The zero-order chi connectivity index (χ0) is 12.3. The molecule has 0 saturated carbocycles. The molecule has 96 valence electrons. The summed E-state index contributed by atoms with van der Waals surface area (Å²) in [6.07, 6.45) is 1.95. The Labute approximate surface area is 98.3 Å². The number of hydrogen-bond donors (Lipinski definition) is 1. The predicted octanol–water partition coefficient (Wildman–Crippen LogP) is 0.729. The summed E-state index contributed by atoms with van der Waals surface area (Å²) in [5.74, 6) is 0. The van der Waals surface area contributed by atoms with Crippen LogP contribution in [0.2, 0.25) is 0 Å². The van der Waals surface area contributed by atoms with E-state index in [1.54, 1.807) is 7.05 Å². The second kappa shape index (κ2) is 5.44. The summed E-state index contributed by atoms with van der Waals surface area (Å²) in [6, 6.07) is -0.220. The maximum atomic E-state index is 11.9. The SMILES string of the molecule is CC(C)N(C)S(=O)(=O)N[C@@H](C)[C@@H]1CCCO1. The van der Waals surface area contributed by atoms with Crippen molar-refractivity contribution in [1.82, 2.24) is 9.03 Å². The van der Waals surface area contributed by atoms with E-state index in [-0.39, 0.29) is 18.2 Å². The van der Waals surface area contributed by atoms with E-state index in [1.807, 2.05) is 20.8 Å². The molecule has 2 atom stereocenters. The van der Waals surface area contributed by atoms with Gasteiger partial charge in [0.05, 0.1) is 6.10 Å². The molecule has 0 radical (unpaired) electrons. The fourth-order valence-corrected chi connectivity index (χ4v) is 3.01. The third-order valence-corrected chi connectivity index (χ3v) is 4.81. The minimum atomic E-state index is -3.39. The van der Waals surface area contributed by atoms with Crippen molar-refractivity contribution in [2.45, 2.75) is 51.8 Å². The third kappa shape index (κ3) is 3.41. The van der Waals surface area contributed by atoms with Crippen LogP contribution in [0.1, 0.15) is 33.6 Å². The minimum Gasteiger partial charge on any atom is -0.377 e. The highest BCUT2D eigenvalue weighted by molar-refractivity contribution is 7.87. The van der Waals surface area contributed by atoms with E-state index >= 15 is 0 Å². The monoisotopic (exact) mass is 250 g/mol. The molecule has 1 fully saturated rings. The average Bonchev–Trinajstić information content (AvgIpc) is 2.68. The van der Waals surface area contributed by atoms with Gasteiger partial charge >= 0.3 is 0 Å². The molecule has 1 aliphatic heterocycles. The zero-order valence-corrected chi connectivity index (χ0v) is 11.3. The first-order chi connectivity index (χ1) is 7.34. The Bertz CT molecular complexity index is 310. The Balaban J connectivity index is 2.58. The average molecular weight is 250 g/mol. The van der Waals surface area contributed by atoms with Gasteiger partial charge < -0.3 is 4.74 Å². The third-order valence-electron chi connectivity index (χ3n) is 2.96. The van der Waals surface area contributed by atoms with Crippen molar-refractivity contribution in [3.63, 3.8) is 0 Å². The quantitative estimate of drug-likeness (QED) is 0.782. The summed E-state index contributed by atoms with van der Waals surface area (Å²) in [5.41, 5.74) is 0. The van der Waals surface area contributed by atoms with Crippen LogP contribution in [0, 0.1) is 0 Å². The van der Waals surface area contributed by atoms with E-state index in [4.69, 9.17) is 4.74 Å². The van der Waals surface area contributed by atoms with Gasteiger partial charge in [-0.25, -0.2) is 0 Å². The van der Waals surface area contributed by atoms with Gasteiger partial charge in [-0.2, -0.15) is 17.4 Å². The topological polar surface area (TPSA) is 58.6 Å². The Morgan fingerprint density at radius 1 is 1.38 bits per heavy atom. The molecule has 16 heavy (non-hydrogen) atoms. The van der Waals surface area contributed by atoms with E-state index < -0.39 is 10.2 Å². The highest BCUT2D eigenvalue weighted by Gasteiger charge is 2.28. The van der Waals surface area contributed by atoms with Crippen LogP contribution in [0.4, 0.5) is 0 Å². The molecule has 0 unspecified atom stereocenters. The van der Waals surface area contributed by atoms with Crippen LogP contribution in [0.25, 0.3) is 0 Å². The summed E-state index contributed by atoms with van der Waals surface area (Å²) in [7, 11) is -1.81. The highest BCUT2D eigenvalue weighted by Crippen LogP contribution is 2.16. The van der Waals surface area contributed by atoms with Gasteiger partial charge in [-0.3, -0.25) is 0 Å². The van der Waals surface area contributed by atoms with E-state index in [2.05, 4.69) is 4.72 Å². The van der Waals surface area contributed by atoms with Crippen molar-refractivity contribution in [3.05, 3.63) is 0 Å². The van der Waals surface area contributed by atoms with Crippen LogP contribution in [-0.4, -0.2) is 44.6 Å². The van der Waals surface area contributed by atoms with Gasteiger partial charge in [0, 0.05) is 25.7 Å². The van der Waals surface area contributed by atoms with Crippen molar-refractivity contribution in [3.8, 4) is 0 Å². The first-order valence-electron chi connectivity index (χ1n) is 5.71. The molecule has 0 bridgehead atoms. The number of nitrogens with one attached hydrogen (secondary N) is 1. The summed E-state index contributed by atoms with van der Waals surface area (Å²) < 4.78 is 33.2. The molecular formula is C10H22N2O3S. The molecule has 1 heterocycles. The lowest BCUT2D eigenvalue weighted by atomic mass is 10.1. The molecule has 0 aliphatic carbocycles. The summed E-state index contributed by atoms with van der Waals surface area (Å²) >= 11 is 0. The smallest absolute Gasteiger partial charge is 0.279 e. The Hall–Kier alpha value is -0.170. The fourth-order valence-electron chi connectivity index (χ4n) is 1.67. The summed E-state index contributed by atoms with van der Waals surface area (Å²) in [6.45, 7) is 6.27.